The average Bonchev–Trinajstić information content (AvgIpc) is 2.46. The summed E-state index contributed by atoms with van der Waals surface area (Å²) in [6.45, 7) is 8.60. The van der Waals surface area contributed by atoms with Crippen LogP contribution in [0.5, 0.6) is 0 Å². The highest BCUT2D eigenvalue weighted by Gasteiger charge is 2.29. The zero-order chi connectivity index (χ0) is 12.3. The molecule has 1 aromatic heterocycles. The zero-order valence-electron chi connectivity index (χ0n) is 10.4. The summed E-state index contributed by atoms with van der Waals surface area (Å²) in [5.74, 6) is 0.172. The largest absolute Gasteiger partial charge is 0.300 e. The Morgan fingerprint density at radius 1 is 1.56 bits per heavy atom. The van der Waals surface area contributed by atoms with Crippen molar-refractivity contribution in [3.8, 4) is 0 Å². The molecule has 1 rings (SSSR count). The van der Waals surface area contributed by atoms with E-state index in [4.69, 9.17) is 11.6 Å². The van der Waals surface area contributed by atoms with Crippen LogP contribution < -0.4 is 0 Å². The van der Waals surface area contributed by atoms with Crippen LogP contribution in [0.25, 0.3) is 0 Å². The number of ketones is 1. The molecular formula is C12H19ClN2O. The minimum Gasteiger partial charge on any atom is -0.300 e. The third-order valence-electron chi connectivity index (χ3n) is 2.56. The van der Waals surface area contributed by atoms with Crippen molar-refractivity contribution in [2.24, 2.45) is 0 Å². The quantitative estimate of drug-likeness (QED) is 0.795. The van der Waals surface area contributed by atoms with Gasteiger partial charge in [0.25, 0.3) is 0 Å². The van der Waals surface area contributed by atoms with Gasteiger partial charge in [0.1, 0.15) is 5.78 Å². The fourth-order valence-electron chi connectivity index (χ4n) is 2.12. The highest BCUT2D eigenvalue weighted by atomic mass is 35.5. The lowest BCUT2D eigenvalue weighted by atomic mass is 9.84. The summed E-state index contributed by atoms with van der Waals surface area (Å²) in [4.78, 5) is 11.3. The molecule has 3 nitrogen and oxygen atoms in total. The highest BCUT2D eigenvalue weighted by Crippen LogP contribution is 2.32. The van der Waals surface area contributed by atoms with Gasteiger partial charge in [-0.3, -0.25) is 9.48 Å². The smallest absolute Gasteiger partial charge is 0.130 e. The van der Waals surface area contributed by atoms with Crippen molar-refractivity contribution in [3.63, 3.8) is 0 Å². The van der Waals surface area contributed by atoms with Crippen molar-refractivity contribution < 1.29 is 4.79 Å². The first-order valence-electron chi connectivity index (χ1n) is 5.59. The first-order chi connectivity index (χ1) is 7.38. The summed E-state index contributed by atoms with van der Waals surface area (Å²) < 4.78 is 1.91. The Hall–Kier alpha value is -0.830. The van der Waals surface area contributed by atoms with Gasteiger partial charge in [-0.25, -0.2) is 0 Å². The van der Waals surface area contributed by atoms with E-state index in [-0.39, 0.29) is 11.2 Å². The molecular weight excluding hydrogens is 224 g/mol. The van der Waals surface area contributed by atoms with E-state index in [1.54, 1.807) is 13.1 Å². The van der Waals surface area contributed by atoms with Crippen LogP contribution in [0.2, 0.25) is 5.02 Å². The molecule has 0 saturated carbocycles. The van der Waals surface area contributed by atoms with Gasteiger partial charge in [-0.2, -0.15) is 5.10 Å². The molecule has 0 amide bonds. The first kappa shape index (κ1) is 13.2. The van der Waals surface area contributed by atoms with Gasteiger partial charge in [0.2, 0.25) is 0 Å². The molecule has 0 spiro atoms. The van der Waals surface area contributed by atoms with Crippen molar-refractivity contribution in [2.75, 3.05) is 0 Å². The number of hydrogen-bond donors (Lipinski definition) is 0. The van der Waals surface area contributed by atoms with Crippen LogP contribution in [0.4, 0.5) is 0 Å². The first-order valence-corrected chi connectivity index (χ1v) is 5.97. The number of nitrogens with zero attached hydrogens (tertiary/aromatic N) is 2. The van der Waals surface area contributed by atoms with Crippen molar-refractivity contribution in [2.45, 2.75) is 52.5 Å². The summed E-state index contributed by atoms with van der Waals surface area (Å²) in [7, 11) is 0. The molecule has 0 atom stereocenters. The molecule has 90 valence electrons. The maximum absolute atomic E-state index is 11.3. The molecule has 0 aliphatic rings. The van der Waals surface area contributed by atoms with Crippen LogP contribution in [-0.4, -0.2) is 15.6 Å². The number of halogens is 1. The molecule has 0 unspecified atom stereocenters. The van der Waals surface area contributed by atoms with Crippen LogP contribution in [0.3, 0.4) is 0 Å². The number of aryl methyl sites for hydroxylation is 1. The molecule has 0 aromatic carbocycles. The van der Waals surface area contributed by atoms with Crippen LogP contribution in [-0.2, 0) is 16.8 Å². The second kappa shape index (κ2) is 5.00. The lowest BCUT2D eigenvalue weighted by molar-refractivity contribution is -0.118. The van der Waals surface area contributed by atoms with Crippen molar-refractivity contribution >= 4 is 17.4 Å². The van der Waals surface area contributed by atoms with E-state index in [0.29, 0.717) is 11.4 Å². The molecule has 0 fully saturated rings. The lowest BCUT2D eigenvalue weighted by Crippen LogP contribution is -2.25. The van der Waals surface area contributed by atoms with E-state index < -0.39 is 0 Å². The highest BCUT2D eigenvalue weighted by molar-refractivity contribution is 6.31. The predicted molar refractivity (Wildman–Crippen MR) is 65.9 cm³/mol. The minimum atomic E-state index is -0.255. The molecule has 16 heavy (non-hydrogen) atoms. The summed E-state index contributed by atoms with van der Waals surface area (Å²) in [5, 5.41) is 4.90. The molecule has 0 bridgehead atoms. The van der Waals surface area contributed by atoms with Gasteiger partial charge in [0, 0.05) is 18.4 Å². The summed E-state index contributed by atoms with van der Waals surface area (Å²) in [6, 6.07) is 0. The fraction of sp³-hybridized carbons (Fsp3) is 0.667. The molecule has 1 heterocycles. The topological polar surface area (TPSA) is 34.9 Å². The van der Waals surface area contributed by atoms with E-state index in [1.807, 2.05) is 18.5 Å². The van der Waals surface area contributed by atoms with E-state index >= 15 is 0 Å². The lowest BCUT2D eigenvalue weighted by Gasteiger charge is -2.25. The molecule has 0 aliphatic heterocycles. The molecule has 0 radical (unpaired) electrons. The monoisotopic (exact) mass is 242 g/mol. The number of carbonyl (C=O) groups excluding carboxylic acids is 1. The van der Waals surface area contributed by atoms with Gasteiger partial charge in [-0.05, 0) is 13.3 Å². The van der Waals surface area contributed by atoms with Gasteiger partial charge < -0.3 is 0 Å². The maximum Gasteiger partial charge on any atom is 0.130 e. The molecule has 0 aliphatic carbocycles. The average molecular weight is 243 g/mol. The molecule has 0 N–H and O–H groups in total. The van der Waals surface area contributed by atoms with Gasteiger partial charge in [-0.15, -0.1) is 0 Å². The van der Waals surface area contributed by atoms with Crippen LogP contribution in [0, 0.1) is 0 Å². The Morgan fingerprint density at radius 2 is 2.19 bits per heavy atom. The third-order valence-corrected chi connectivity index (χ3v) is 2.84. The maximum atomic E-state index is 11.3. The number of aromatic nitrogens is 2. The second-order valence-corrected chi connectivity index (χ2v) is 5.23. The van der Waals surface area contributed by atoms with Gasteiger partial charge >= 0.3 is 0 Å². The normalized spacial score (nSPS) is 11.8. The Balaban J connectivity index is 3.09. The number of carbonyl (C=O) groups is 1. The molecule has 0 saturated heterocycles. The van der Waals surface area contributed by atoms with Crippen molar-refractivity contribution in [1.82, 2.24) is 9.78 Å². The van der Waals surface area contributed by atoms with Gasteiger partial charge in [0.15, 0.2) is 0 Å². The number of hydrogen-bond acceptors (Lipinski definition) is 2. The van der Waals surface area contributed by atoms with E-state index in [0.717, 1.165) is 18.7 Å². The summed E-state index contributed by atoms with van der Waals surface area (Å²) in [5.41, 5.74) is 0.709. The van der Waals surface area contributed by atoms with E-state index in [2.05, 4.69) is 12.0 Å². The summed E-state index contributed by atoms with van der Waals surface area (Å²) in [6.07, 6.45) is 3.15. The fourth-order valence-corrected chi connectivity index (χ4v) is 2.52. The van der Waals surface area contributed by atoms with Crippen molar-refractivity contribution in [1.29, 1.82) is 0 Å². The van der Waals surface area contributed by atoms with Crippen LogP contribution in [0.15, 0.2) is 6.20 Å². The second-order valence-electron chi connectivity index (χ2n) is 4.83. The Bertz CT molecular complexity index is 382. The number of rotatable bonds is 5. The third kappa shape index (κ3) is 2.85. The van der Waals surface area contributed by atoms with Crippen LogP contribution >= 0.6 is 11.6 Å². The Labute approximate surface area is 102 Å². The number of Topliss-reactive ketones (excluding diaryl/α,β-unsaturated/α-hetero) is 1. The summed E-state index contributed by atoms with van der Waals surface area (Å²) >= 11 is 6.15. The van der Waals surface area contributed by atoms with Gasteiger partial charge in [-0.1, -0.05) is 32.4 Å². The van der Waals surface area contributed by atoms with E-state index in [1.165, 1.54) is 0 Å². The Morgan fingerprint density at radius 3 is 2.69 bits per heavy atom. The predicted octanol–water partition coefficient (Wildman–Crippen LogP) is 3.20. The molecule has 4 heteroatoms. The Kier molecular flexibility index (Phi) is 4.14. The SMILES string of the molecule is CCCn1ncc(Cl)c1C(C)(C)CC(C)=O. The van der Waals surface area contributed by atoms with E-state index in [9.17, 15) is 4.79 Å². The van der Waals surface area contributed by atoms with Gasteiger partial charge in [0.05, 0.1) is 16.9 Å². The van der Waals surface area contributed by atoms with Crippen LogP contribution in [0.1, 0.15) is 46.2 Å². The molecule has 1 aromatic rings. The van der Waals surface area contributed by atoms with Crippen molar-refractivity contribution in [3.05, 3.63) is 16.9 Å². The zero-order valence-corrected chi connectivity index (χ0v) is 11.1. The standard InChI is InChI=1S/C12H19ClN2O/c1-5-6-15-11(10(13)8-14-15)12(3,4)7-9(2)16/h8H,5-7H2,1-4H3. The minimum absolute atomic E-state index is 0.172.